The number of hydrogen-bond donors (Lipinski definition) is 7. The molecule has 2 amide bonds. The smallest absolute Gasteiger partial charge is 0.407 e. The van der Waals surface area contributed by atoms with Crippen LogP contribution in [0.5, 0.6) is 0 Å². The number of ether oxygens (including phenoxy) is 2. The van der Waals surface area contributed by atoms with E-state index in [1.165, 1.54) is 14.0 Å². The van der Waals surface area contributed by atoms with Crippen molar-refractivity contribution in [2.75, 3.05) is 13.7 Å². The molecule has 0 spiro atoms. The van der Waals surface area contributed by atoms with Crippen molar-refractivity contribution < 1.29 is 39.2 Å². The van der Waals surface area contributed by atoms with Crippen LogP contribution in [0.3, 0.4) is 0 Å². The first-order valence-electron chi connectivity index (χ1n) is 7.75. The molecule has 0 fully saturated rings. The number of nitrogens with one attached hydrogen (secondary N) is 2. The van der Waals surface area contributed by atoms with Gasteiger partial charge in [-0.05, 0) is 6.08 Å². The molecule has 13 heteroatoms. The first kappa shape index (κ1) is 22.0. The standard InChI is InChI=1S/C14H23N5O8/c1-5(21)18-9-6(19-13(15)16)3-8(12(23)24)26-11(9)10(7(22)4-20)27-14(25)17-2/h3,6-7,9-11,20,22H,4H2,1-2H3,(H,17,25)(H,18,21)(H,23,24)(H4,15,16,19)/t6-,7?,9+,10+,11-/m0/s1. The minimum atomic E-state index is -1.66. The Morgan fingerprint density at radius 3 is 2.48 bits per heavy atom. The van der Waals surface area contributed by atoms with E-state index in [2.05, 4.69) is 15.6 Å². The third kappa shape index (κ3) is 6.00. The normalized spacial score (nSPS) is 23.7. The zero-order chi connectivity index (χ0) is 20.7. The number of rotatable bonds is 7. The summed E-state index contributed by atoms with van der Waals surface area (Å²) in [6.45, 7) is 0.338. The zero-order valence-corrected chi connectivity index (χ0v) is 14.7. The summed E-state index contributed by atoms with van der Waals surface area (Å²) in [5.41, 5.74) is 10.7. The van der Waals surface area contributed by atoms with Crippen LogP contribution in [0.25, 0.3) is 0 Å². The highest BCUT2D eigenvalue weighted by Crippen LogP contribution is 2.26. The highest BCUT2D eigenvalue weighted by atomic mass is 16.6. The Labute approximate surface area is 154 Å². The van der Waals surface area contributed by atoms with Gasteiger partial charge in [0.1, 0.15) is 6.10 Å². The topological polar surface area (TPSA) is 219 Å². The van der Waals surface area contributed by atoms with Gasteiger partial charge in [-0.1, -0.05) is 0 Å². The third-order valence-corrected chi connectivity index (χ3v) is 3.52. The Bertz CT molecular complexity index is 633. The number of nitrogens with two attached hydrogens (primary N) is 2. The average Bonchev–Trinajstić information content (AvgIpc) is 2.59. The molecule has 13 nitrogen and oxygen atoms in total. The number of nitrogens with zero attached hydrogens (tertiary/aromatic N) is 1. The van der Waals surface area contributed by atoms with E-state index in [-0.39, 0.29) is 0 Å². The van der Waals surface area contributed by atoms with E-state index in [1.54, 1.807) is 0 Å². The predicted molar refractivity (Wildman–Crippen MR) is 90.2 cm³/mol. The number of guanidine groups is 1. The van der Waals surface area contributed by atoms with Crippen molar-refractivity contribution in [1.82, 2.24) is 10.6 Å². The van der Waals surface area contributed by atoms with Gasteiger partial charge < -0.3 is 46.9 Å². The lowest BCUT2D eigenvalue weighted by Gasteiger charge is -2.39. The second-order valence-corrected chi connectivity index (χ2v) is 5.56. The van der Waals surface area contributed by atoms with Crippen LogP contribution in [-0.4, -0.2) is 83.3 Å². The van der Waals surface area contributed by atoms with Gasteiger partial charge in [-0.2, -0.15) is 0 Å². The molecular weight excluding hydrogens is 366 g/mol. The number of alkyl carbamates (subject to hydrolysis) is 1. The number of carbonyl (C=O) groups excluding carboxylic acids is 2. The molecule has 0 aromatic heterocycles. The van der Waals surface area contributed by atoms with Crippen LogP contribution >= 0.6 is 0 Å². The zero-order valence-electron chi connectivity index (χ0n) is 14.7. The average molecular weight is 389 g/mol. The lowest BCUT2D eigenvalue weighted by molar-refractivity contribution is -0.146. The number of aliphatic hydroxyl groups excluding tert-OH is 2. The maximum Gasteiger partial charge on any atom is 0.407 e. The van der Waals surface area contributed by atoms with E-state index < -0.39 is 66.7 Å². The molecule has 27 heavy (non-hydrogen) atoms. The van der Waals surface area contributed by atoms with Gasteiger partial charge in [-0.15, -0.1) is 0 Å². The van der Waals surface area contributed by atoms with Gasteiger partial charge in [-0.3, -0.25) is 4.79 Å². The molecule has 0 aromatic carbocycles. The number of carbonyl (C=O) groups is 3. The van der Waals surface area contributed by atoms with Crippen LogP contribution in [0.4, 0.5) is 4.79 Å². The van der Waals surface area contributed by atoms with E-state index in [0.29, 0.717) is 0 Å². The van der Waals surface area contributed by atoms with Gasteiger partial charge in [0.2, 0.25) is 11.7 Å². The van der Waals surface area contributed by atoms with Crippen LogP contribution in [0, 0.1) is 0 Å². The number of aliphatic imine (C=N–C) groups is 1. The molecule has 0 aromatic rings. The van der Waals surface area contributed by atoms with Crippen LogP contribution in [-0.2, 0) is 19.1 Å². The number of carboxylic acids is 1. The molecule has 5 atom stereocenters. The summed E-state index contributed by atoms with van der Waals surface area (Å²) in [4.78, 5) is 38.5. The van der Waals surface area contributed by atoms with E-state index in [9.17, 15) is 29.7 Å². The molecule has 0 radical (unpaired) electrons. The molecule has 0 saturated carbocycles. The molecule has 9 N–H and O–H groups in total. The first-order valence-corrected chi connectivity index (χ1v) is 7.75. The van der Waals surface area contributed by atoms with Crippen molar-refractivity contribution >= 4 is 23.9 Å². The summed E-state index contributed by atoms with van der Waals surface area (Å²) in [5, 5.41) is 33.2. The maximum atomic E-state index is 11.6. The number of aliphatic carboxylic acids is 1. The van der Waals surface area contributed by atoms with Crippen LogP contribution in [0.15, 0.2) is 16.8 Å². The van der Waals surface area contributed by atoms with Crippen LogP contribution < -0.4 is 22.1 Å². The number of aliphatic hydroxyl groups is 2. The third-order valence-electron chi connectivity index (χ3n) is 3.52. The lowest BCUT2D eigenvalue weighted by atomic mass is 9.92. The van der Waals surface area contributed by atoms with Gasteiger partial charge >= 0.3 is 12.1 Å². The van der Waals surface area contributed by atoms with E-state index in [1.807, 2.05) is 0 Å². The summed E-state index contributed by atoms with van der Waals surface area (Å²) >= 11 is 0. The quantitative estimate of drug-likeness (QED) is 0.169. The number of hydrogen-bond acceptors (Lipinski definition) is 8. The molecule has 1 heterocycles. The largest absolute Gasteiger partial charge is 0.477 e. The van der Waals surface area contributed by atoms with Crippen LogP contribution in [0.1, 0.15) is 6.92 Å². The monoisotopic (exact) mass is 389 g/mol. The van der Waals surface area contributed by atoms with Gasteiger partial charge in [-0.25, -0.2) is 14.6 Å². The van der Waals surface area contributed by atoms with E-state index in [0.717, 1.165) is 6.08 Å². The van der Waals surface area contributed by atoms with Crippen molar-refractivity contribution in [1.29, 1.82) is 0 Å². The summed E-state index contributed by atoms with van der Waals surface area (Å²) < 4.78 is 10.3. The van der Waals surface area contributed by atoms with Gasteiger partial charge in [0.05, 0.1) is 18.7 Å². The fourth-order valence-corrected chi connectivity index (χ4v) is 2.45. The highest BCUT2D eigenvalue weighted by Gasteiger charge is 2.46. The van der Waals surface area contributed by atoms with Crippen molar-refractivity contribution in [2.24, 2.45) is 16.5 Å². The molecule has 0 saturated heterocycles. The fraction of sp³-hybridized carbons (Fsp3) is 0.571. The van der Waals surface area contributed by atoms with Crippen LogP contribution in [0.2, 0.25) is 0 Å². The second kappa shape index (κ2) is 9.59. The highest BCUT2D eigenvalue weighted by molar-refractivity contribution is 5.85. The molecule has 152 valence electrons. The summed E-state index contributed by atoms with van der Waals surface area (Å²) in [5.74, 6) is -3.02. The molecule has 1 unspecified atom stereocenters. The maximum absolute atomic E-state index is 11.6. The van der Waals surface area contributed by atoms with E-state index >= 15 is 0 Å². The summed E-state index contributed by atoms with van der Waals surface area (Å²) in [7, 11) is 1.25. The molecule has 0 bridgehead atoms. The Morgan fingerprint density at radius 1 is 1.41 bits per heavy atom. The summed E-state index contributed by atoms with van der Waals surface area (Å²) in [6.07, 6.45) is -4.58. The molecule has 1 aliphatic heterocycles. The first-order chi connectivity index (χ1) is 12.6. The second-order valence-electron chi connectivity index (χ2n) is 5.56. The molecule has 1 rings (SSSR count). The van der Waals surface area contributed by atoms with Gasteiger partial charge in [0.25, 0.3) is 0 Å². The van der Waals surface area contributed by atoms with Gasteiger partial charge in [0, 0.05) is 14.0 Å². The SMILES string of the molecule is CNC(=O)O[C@H](C(O)CO)[C@H]1OC(C(=O)O)=C[C@H](N=C(N)N)[C@H]1NC(C)=O. The Kier molecular flexibility index (Phi) is 7.80. The molecule has 1 aliphatic rings. The lowest BCUT2D eigenvalue weighted by Crippen LogP contribution is -2.61. The number of amides is 2. The Hall–Kier alpha value is -3.06. The van der Waals surface area contributed by atoms with Gasteiger partial charge in [0.15, 0.2) is 18.2 Å². The van der Waals surface area contributed by atoms with Crippen molar-refractivity contribution in [3.8, 4) is 0 Å². The minimum absolute atomic E-state index is 0.400. The predicted octanol–water partition coefficient (Wildman–Crippen LogP) is -3.42. The van der Waals surface area contributed by atoms with E-state index in [4.69, 9.17) is 20.9 Å². The molecule has 0 aliphatic carbocycles. The minimum Gasteiger partial charge on any atom is -0.477 e. The Morgan fingerprint density at radius 2 is 2.04 bits per heavy atom. The molecular formula is C14H23N5O8. The van der Waals surface area contributed by atoms with Crippen molar-refractivity contribution in [3.05, 3.63) is 11.8 Å². The van der Waals surface area contributed by atoms with Crippen molar-refractivity contribution in [3.63, 3.8) is 0 Å². The Balaban J connectivity index is 3.43. The summed E-state index contributed by atoms with van der Waals surface area (Å²) in [6, 6.07) is -2.23. The number of carboxylic acid groups (broad SMARTS) is 1. The fourth-order valence-electron chi connectivity index (χ4n) is 2.45. The van der Waals surface area contributed by atoms with Crippen molar-refractivity contribution in [2.45, 2.75) is 37.3 Å².